The van der Waals surface area contributed by atoms with E-state index in [0.717, 1.165) is 23.1 Å². The van der Waals surface area contributed by atoms with E-state index in [1.54, 1.807) is 0 Å². The number of ether oxygens (including phenoxy) is 1. The summed E-state index contributed by atoms with van der Waals surface area (Å²) >= 11 is 3.42. The summed E-state index contributed by atoms with van der Waals surface area (Å²) in [4.78, 5) is 28.6. The summed E-state index contributed by atoms with van der Waals surface area (Å²) in [6.07, 6.45) is 2.11. The van der Waals surface area contributed by atoms with Gasteiger partial charge in [0, 0.05) is 41.6 Å². The first kappa shape index (κ1) is 18.1. The van der Waals surface area contributed by atoms with E-state index in [0.29, 0.717) is 6.54 Å². The minimum atomic E-state index is -0.658. The molecule has 1 saturated heterocycles. The zero-order valence-electron chi connectivity index (χ0n) is 14.0. The topological polar surface area (TPSA) is 97.6 Å². The second kappa shape index (κ2) is 7.69. The largest absolute Gasteiger partial charge is 0.465 e. The molecule has 136 valence electrons. The molecule has 1 aromatic heterocycles. The van der Waals surface area contributed by atoms with E-state index in [1.165, 1.54) is 19.4 Å². The average Bonchev–Trinajstić information content (AvgIpc) is 3.10. The highest BCUT2D eigenvalue weighted by Crippen LogP contribution is 2.27. The predicted octanol–water partition coefficient (Wildman–Crippen LogP) is 3.23. The maximum atomic E-state index is 11.6. The summed E-state index contributed by atoms with van der Waals surface area (Å²) in [5.74, 6) is -0.500. The van der Waals surface area contributed by atoms with E-state index in [4.69, 9.17) is 0 Å². The average molecular weight is 421 g/mol. The summed E-state index contributed by atoms with van der Waals surface area (Å²) in [5.41, 5.74) is 0.906. The van der Waals surface area contributed by atoms with Gasteiger partial charge in [-0.05, 0) is 30.7 Å². The van der Waals surface area contributed by atoms with Crippen molar-refractivity contribution < 1.29 is 14.5 Å². The van der Waals surface area contributed by atoms with E-state index < -0.39 is 10.9 Å². The van der Waals surface area contributed by atoms with Crippen molar-refractivity contribution in [1.82, 2.24) is 4.98 Å². The summed E-state index contributed by atoms with van der Waals surface area (Å²) in [7, 11) is 1.22. The predicted molar refractivity (Wildman–Crippen MR) is 101 cm³/mol. The van der Waals surface area contributed by atoms with Gasteiger partial charge in [0.25, 0.3) is 0 Å². The van der Waals surface area contributed by atoms with Gasteiger partial charge in [0.05, 0.1) is 17.6 Å². The van der Waals surface area contributed by atoms with Crippen molar-refractivity contribution in [1.29, 1.82) is 0 Å². The molecule has 8 nitrogen and oxygen atoms in total. The fourth-order valence-corrected chi connectivity index (χ4v) is 3.16. The number of aromatic nitrogens is 1. The van der Waals surface area contributed by atoms with Gasteiger partial charge < -0.3 is 15.0 Å². The molecule has 1 atom stereocenters. The Morgan fingerprint density at radius 1 is 1.42 bits per heavy atom. The van der Waals surface area contributed by atoms with Crippen LogP contribution in [0.2, 0.25) is 0 Å². The molecule has 0 saturated carbocycles. The van der Waals surface area contributed by atoms with Gasteiger partial charge in [0.1, 0.15) is 0 Å². The number of carbonyl (C=O) groups excluding carboxylic acids is 1. The van der Waals surface area contributed by atoms with Gasteiger partial charge >= 0.3 is 11.7 Å². The molecule has 1 aromatic carbocycles. The lowest BCUT2D eigenvalue weighted by Gasteiger charge is -2.19. The molecule has 26 heavy (non-hydrogen) atoms. The van der Waals surface area contributed by atoms with E-state index in [1.807, 2.05) is 24.3 Å². The fourth-order valence-electron chi connectivity index (χ4n) is 2.89. The highest BCUT2D eigenvalue weighted by atomic mass is 79.9. The van der Waals surface area contributed by atoms with Crippen LogP contribution in [0.1, 0.15) is 16.8 Å². The van der Waals surface area contributed by atoms with Crippen molar-refractivity contribution in [2.75, 3.05) is 30.4 Å². The molecule has 3 rings (SSSR count). The normalized spacial score (nSPS) is 16.4. The number of anilines is 2. The van der Waals surface area contributed by atoms with Crippen LogP contribution in [0.3, 0.4) is 0 Å². The smallest absolute Gasteiger partial charge is 0.339 e. The minimum Gasteiger partial charge on any atom is -0.465 e. The van der Waals surface area contributed by atoms with Crippen LogP contribution in [0.5, 0.6) is 0 Å². The Balaban J connectivity index is 1.74. The van der Waals surface area contributed by atoms with Crippen LogP contribution in [-0.4, -0.2) is 42.1 Å². The van der Waals surface area contributed by atoms with Crippen LogP contribution in [-0.2, 0) is 4.74 Å². The number of nitro groups is 1. The van der Waals surface area contributed by atoms with Crippen molar-refractivity contribution >= 4 is 39.1 Å². The first-order valence-corrected chi connectivity index (χ1v) is 8.77. The molecular weight excluding hydrogens is 404 g/mol. The zero-order valence-corrected chi connectivity index (χ0v) is 15.6. The number of nitrogens with zero attached hydrogens (tertiary/aromatic N) is 3. The summed E-state index contributed by atoms with van der Waals surface area (Å²) < 4.78 is 5.60. The fraction of sp³-hybridized carbons (Fsp3) is 0.294. The van der Waals surface area contributed by atoms with Gasteiger partial charge in [-0.15, -0.1) is 0 Å². The Hall–Kier alpha value is -2.68. The summed E-state index contributed by atoms with van der Waals surface area (Å²) in [6, 6.07) is 9.22. The van der Waals surface area contributed by atoms with Crippen LogP contribution >= 0.6 is 15.9 Å². The third-order valence-electron chi connectivity index (χ3n) is 4.21. The quantitative estimate of drug-likeness (QED) is 0.450. The summed E-state index contributed by atoms with van der Waals surface area (Å²) in [6.45, 7) is 1.55. The minimum absolute atomic E-state index is 0.0221. The number of rotatable bonds is 5. The molecule has 0 radical (unpaired) electrons. The van der Waals surface area contributed by atoms with Crippen LogP contribution < -0.4 is 10.2 Å². The number of nitrogens with one attached hydrogen (secondary N) is 1. The molecule has 1 unspecified atom stereocenters. The maximum Gasteiger partial charge on any atom is 0.339 e. The van der Waals surface area contributed by atoms with Gasteiger partial charge in [-0.2, -0.15) is 0 Å². The molecular formula is C17H17BrN4O4. The van der Waals surface area contributed by atoms with Gasteiger partial charge in [0.2, 0.25) is 5.82 Å². The number of methoxy groups -OCH3 is 1. The first-order chi connectivity index (χ1) is 12.5. The number of carbonyl (C=O) groups is 1. The molecule has 0 bridgehead atoms. The lowest BCUT2D eigenvalue weighted by molar-refractivity contribution is -0.384. The lowest BCUT2D eigenvalue weighted by atomic mass is 10.2. The molecule has 1 aliphatic rings. The van der Waals surface area contributed by atoms with E-state index in [-0.39, 0.29) is 23.1 Å². The Morgan fingerprint density at radius 2 is 2.15 bits per heavy atom. The standard InChI is InChI=1S/C17H17BrN4O4/c1-26-17(23)11-8-15(22(24)25)16(19-9-11)20-13-6-7-21(10-13)14-4-2-12(18)3-5-14/h2-5,8-9,13H,6-7,10H2,1H3,(H,19,20). The van der Waals surface area contributed by atoms with Crippen molar-refractivity contribution in [3.8, 4) is 0 Å². The molecule has 2 aromatic rings. The number of esters is 1. The first-order valence-electron chi connectivity index (χ1n) is 7.97. The molecule has 1 N–H and O–H groups in total. The number of hydrogen-bond acceptors (Lipinski definition) is 7. The monoisotopic (exact) mass is 420 g/mol. The Morgan fingerprint density at radius 3 is 2.81 bits per heavy atom. The summed E-state index contributed by atoms with van der Waals surface area (Å²) in [5, 5.41) is 14.5. The second-order valence-corrected chi connectivity index (χ2v) is 6.81. The Kier molecular flexibility index (Phi) is 5.36. The highest BCUT2D eigenvalue weighted by molar-refractivity contribution is 9.10. The van der Waals surface area contributed by atoms with E-state index in [9.17, 15) is 14.9 Å². The zero-order chi connectivity index (χ0) is 18.7. The van der Waals surface area contributed by atoms with Crippen molar-refractivity contribution in [2.45, 2.75) is 12.5 Å². The van der Waals surface area contributed by atoms with Crippen molar-refractivity contribution in [2.24, 2.45) is 0 Å². The van der Waals surface area contributed by atoms with Gasteiger partial charge in [0.15, 0.2) is 0 Å². The molecule has 2 heterocycles. The maximum absolute atomic E-state index is 11.6. The molecule has 0 aliphatic carbocycles. The van der Waals surface area contributed by atoms with E-state index >= 15 is 0 Å². The Bertz CT molecular complexity index is 828. The van der Waals surface area contributed by atoms with Crippen LogP contribution in [0.25, 0.3) is 0 Å². The lowest BCUT2D eigenvalue weighted by Crippen LogP contribution is -2.26. The molecule has 9 heteroatoms. The molecule has 0 amide bonds. The molecule has 1 fully saturated rings. The van der Waals surface area contributed by atoms with Gasteiger partial charge in [-0.3, -0.25) is 10.1 Å². The molecule has 0 spiro atoms. The van der Waals surface area contributed by atoms with Crippen molar-refractivity contribution in [3.63, 3.8) is 0 Å². The number of benzene rings is 1. The molecule has 1 aliphatic heterocycles. The highest BCUT2D eigenvalue weighted by Gasteiger charge is 2.26. The third-order valence-corrected chi connectivity index (χ3v) is 4.73. The second-order valence-electron chi connectivity index (χ2n) is 5.89. The Labute approximate surface area is 158 Å². The van der Waals surface area contributed by atoms with E-state index in [2.05, 4.69) is 35.9 Å². The van der Waals surface area contributed by atoms with Gasteiger partial charge in [-0.1, -0.05) is 15.9 Å². The number of hydrogen-bond donors (Lipinski definition) is 1. The van der Waals surface area contributed by atoms with Crippen LogP contribution in [0.15, 0.2) is 41.0 Å². The van der Waals surface area contributed by atoms with Crippen LogP contribution in [0, 0.1) is 10.1 Å². The SMILES string of the molecule is COC(=O)c1cnc(NC2CCN(c3ccc(Br)cc3)C2)c([N+](=O)[O-])c1. The number of halogens is 1. The number of pyridine rings is 1. The van der Waals surface area contributed by atoms with Gasteiger partial charge in [-0.25, -0.2) is 9.78 Å². The van der Waals surface area contributed by atoms with Crippen molar-refractivity contribution in [3.05, 3.63) is 56.7 Å². The third kappa shape index (κ3) is 3.93. The van der Waals surface area contributed by atoms with Crippen LogP contribution in [0.4, 0.5) is 17.2 Å².